The minimum atomic E-state index is -0.696. The van der Waals surface area contributed by atoms with Gasteiger partial charge in [-0.3, -0.25) is 4.79 Å². The fraction of sp³-hybridized carbons (Fsp3) is 0.562. The molecule has 2 N–H and O–H groups in total. The van der Waals surface area contributed by atoms with Crippen LogP contribution in [-0.4, -0.2) is 38.2 Å². The van der Waals surface area contributed by atoms with Crippen LogP contribution in [0.2, 0.25) is 0 Å². The quantitative estimate of drug-likeness (QED) is 0.814. The first kappa shape index (κ1) is 15.8. The van der Waals surface area contributed by atoms with E-state index in [-0.39, 0.29) is 11.7 Å². The predicted octanol–water partition coefficient (Wildman–Crippen LogP) is 0.778. The Hall–Kier alpha value is -1.62. The molecular formula is C16H24FN2O2+. The molecule has 0 aliphatic carbocycles. The van der Waals surface area contributed by atoms with Crippen molar-refractivity contribution in [2.45, 2.75) is 32.3 Å². The van der Waals surface area contributed by atoms with Crippen LogP contribution in [0.4, 0.5) is 4.39 Å². The van der Waals surface area contributed by atoms with Crippen molar-refractivity contribution in [3.63, 3.8) is 0 Å². The van der Waals surface area contributed by atoms with Gasteiger partial charge in [-0.1, -0.05) is 12.1 Å². The number of rotatable bonds is 6. The largest absolute Gasteiger partial charge is 0.478 e. The SMILES string of the molecule is C[C@H](Oc1ccccc1F)C(=O)NCC[NH+]1CCCCC1. The third-order valence-corrected chi connectivity index (χ3v) is 3.85. The lowest BCUT2D eigenvalue weighted by Crippen LogP contribution is -3.13. The van der Waals surface area contributed by atoms with Gasteiger partial charge in [-0.25, -0.2) is 4.39 Å². The number of likely N-dealkylation sites (tertiary alicyclic amines) is 1. The fourth-order valence-corrected chi connectivity index (χ4v) is 2.59. The molecule has 1 aliphatic rings. The monoisotopic (exact) mass is 295 g/mol. The normalized spacial score (nSPS) is 17.2. The number of hydrogen-bond donors (Lipinski definition) is 2. The van der Waals surface area contributed by atoms with E-state index < -0.39 is 11.9 Å². The van der Waals surface area contributed by atoms with E-state index in [1.807, 2.05) is 0 Å². The first-order chi connectivity index (χ1) is 10.2. The number of hydrogen-bond acceptors (Lipinski definition) is 2. The topological polar surface area (TPSA) is 42.8 Å². The highest BCUT2D eigenvalue weighted by atomic mass is 19.1. The van der Waals surface area contributed by atoms with Crippen LogP contribution in [-0.2, 0) is 4.79 Å². The van der Waals surface area contributed by atoms with Crippen molar-refractivity contribution in [1.82, 2.24) is 5.32 Å². The second-order valence-corrected chi connectivity index (χ2v) is 5.54. The molecule has 0 bridgehead atoms. The molecule has 1 heterocycles. The zero-order chi connectivity index (χ0) is 15.1. The number of benzene rings is 1. The Morgan fingerprint density at radius 3 is 2.76 bits per heavy atom. The number of piperidine rings is 1. The van der Waals surface area contributed by atoms with Gasteiger partial charge in [0.15, 0.2) is 17.7 Å². The summed E-state index contributed by atoms with van der Waals surface area (Å²) in [5.41, 5.74) is 0. The minimum Gasteiger partial charge on any atom is -0.478 e. The van der Waals surface area contributed by atoms with Gasteiger partial charge >= 0.3 is 0 Å². The maximum absolute atomic E-state index is 13.4. The summed E-state index contributed by atoms with van der Waals surface area (Å²) in [6.45, 7) is 5.60. The van der Waals surface area contributed by atoms with Crippen LogP contribution >= 0.6 is 0 Å². The van der Waals surface area contributed by atoms with Gasteiger partial charge in [-0.15, -0.1) is 0 Å². The van der Waals surface area contributed by atoms with Crippen LogP contribution < -0.4 is 15.0 Å². The summed E-state index contributed by atoms with van der Waals surface area (Å²) in [5.74, 6) is -0.536. The van der Waals surface area contributed by atoms with Gasteiger partial charge in [0.05, 0.1) is 26.2 Å². The number of carbonyl (C=O) groups is 1. The maximum atomic E-state index is 13.4. The molecule has 116 valence electrons. The summed E-state index contributed by atoms with van der Waals surface area (Å²) in [6, 6.07) is 6.12. The van der Waals surface area contributed by atoms with E-state index in [4.69, 9.17) is 4.74 Å². The Morgan fingerprint density at radius 1 is 1.33 bits per heavy atom. The van der Waals surface area contributed by atoms with Gasteiger partial charge < -0.3 is 15.0 Å². The number of amides is 1. The third-order valence-electron chi connectivity index (χ3n) is 3.85. The number of halogens is 1. The van der Waals surface area contributed by atoms with Gasteiger partial charge in [0.25, 0.3) is 5.91 Å². The average Bonchev–Trinajstić information content (AvgIpc) is 2.50. The Bertz CT molecular complexity index is 461. The lowest BCUT2D eigenvalue weighted by Gasteiger charge is -2.23. The van der Waals surface area contributed by atoms with E-state index in [2.05, 4.69) is 5.32 Å². The molecule has 0 unspecified atom stereocenters. The Labute approximate surface area is 125 Å². The van der Waals surface area contributed by atoms with Gasteiger partial charge in [0, 0.05) is 0 Å². The first-order valence-electron chi connectivity index (χ1n) is 7.69. The molecule has 1 amide bonds. The number of ether oxygens (including phenoxy) is 1. The van der Waals surface area contributed by atoms with Crippen molar-refractivity contribution in [2.75, 3.05) is 26.2 Å². The molecular weight excluding hydrogens is 271 g/mol. The van der Waals surface area contributed by atoms with Crippen molar-refractivity contribution in [1.29, 1.82) is 0 Å². The molecule has 0 spiro atoms. The van der Waals surface area contributed by atoms with Crippen molar-refractivity contribution >= 4 is 5.91 Å². The third kappa shape index (κ3) is 5.01. The van der Waals surface area contributed by atoms with Crippen molar-refractivity contribution in [3.05, 3.63) is 30.1 Å². The van der Waals surface area contributed by atoms with E-state index >= 15 is 0 Å². The summed E-state index contributed by atoms with van der Waals surface area (Å²) in [5, 5.41) is 2.86. The van der Waals surface area contributed by atoms with Crippen molar-refractivity contribution < 1.29 is 18.8 Å². The minimum absolute atomic E-state index is 0.113. The van der Waals surface area contributed by atoms with Crippen LogP contribution in [0.3, 0.4) is 0 Å². The highest BCUT2D eigenvalue weighted by molar-refractivity contribution is 5.80. The number of para-hydroxylation sites is 1. The van der Waals surface area contributed by atoms with Gasteiger partial charge in [-0.2, -0.15) is 0 Å². The van der Waals surface area contributed by atoms with Gasteiger partial charge in [0.1, 0.15) is 0 Å². The van der Waals surface area contributed by atoms with Crippen LogP contribution in [0.15, 0.2) is 24.3 Å². The number of quaternary nitrogens is 1. The maximum Gasteiger partial charge on any atom is 0.260 e. The average molecular weight is 295 g/mol. The highest BCUT2D eigenvalue weighted by Gasteiger charge is 2.17. The summed E-state index contributed by atoms with van der Waals surface area (Å²) < 4.78 is 18.8. The smallest absolute Gasteiger partial charge is 0.260 e. The van der Waals surface area contributed by atoms with Gasteiger partial charge in [0.2, 0.25) is 0 Å². The van der Waals surface area contributed by atoms with E-state index in [0.717, 1.165) is 6.54 Å². The molecule has 1 saturated heterocycles. The van der Waals surface area contributed by atoms with Crippen LogP contribution in [0, 0.1) is 5.82 Å². The Morgan fingerprint density at radius 2 is 2.05 bits per heavy atom. The molecule has 1 atom stereocenters. The highest BCUT2D eigenvalue weighted by Crippen LogP contribution is 2.16. The molecule has 1 aromatic rings. The molecule has 1 aliphatic heterocycles. The molecule has 4 nitrogen and oxygen atoms in total. The zero-order valence-electron chi connectivity index (χ0n) is 12.5. The fourth-order valence-electron chi connectivity index (χ4n) is 2.59. The van der Waals surface area contributed by atoms with Crippen LogP contribution in [0.25, 0.3) is 0 Å². The molecule has 2 rings (SSSR count). The zero-order valence-corrected chi connectivity index (χ0v) is 12.5. The summed E-state index contributed by atoms with van der Waals surface area (Å²) in [6.07, 6.45) is 3.17. The Balaban J connectivity index is 1.71. The number of nitrogens with one attached hydrogen (secondary N) is 2. The standard InChI is InChI=1S/C16H23FN2O2/c1-13(21-15-8-4-3-7-14(15)17)16(20)18-9-12-19-10-5-2-6-11-19/h3-4,7-8,13H,2,5-6,9-12H2,1H3,(H,18,20)/p+1/t13-/m0/s1. The molecule has 1 aromatic carbocycles. The van der Waals surface area contributed by atoms with Crippen molar-refractivity contribution in [3.8, 4) is 5.75 Å². The lowest BCUT2D eigenvalue weighted by molar-refractivity contribution is -0.903. The second-order valence-electron chi connectivity index (χ2n) is 5.54. The van der Waals surface area contributed by atoms with Crippen LogP contribution in [0.5, 0.6) is 5.75 Å². The second kappa shape index (κ2) is 7.98. The van der Waals surface area contributed by atoms with E-state index in [0.29, 0.717) is 6.54 Å². The Kier molecular flexibility index (Phi) is 5.99. The van der Waals surface area contributed by atoms with Gasteiger partial charge in [-0.05, 0) is 38.3 Å². The molecule has 0 radical (unpaired) electrons. The summed E-state index contributed by atoms with van der Waals surface area (Å²) in [4.78, 5) is 13.5. The lowest BCUT2D eigenvalue weighted by atomic mass is 10.1. The predicted molar refractivity (Wildman–Crippen MR) is 78.9 cm³/mol. The van der Waals surface area contributed by atoms with Crippen molar-refractivity contribution in [2.24, 2.45) is 0 Å². The molecule has 5 heteroatoms. The molecule has 21 heavy (non-hydrogen) atoms. The van der Waals surface area contributed by atoms with Crippen LogP contribution in [0.1, 0.15) is 26.2 Å². The van der Waals surface area contributed by atoms with E-state index in [9.17, 15) is 9.18 Å². The molecule has 0 saturated carbocycles. The summed E-state index contributed by atoms with van der Waals surface area (Å²) >= 11 is 0. The van der Waals surface area contributed by atoms with E-state index in [1.165, 1.54) is 44.5 Å². The molecule has 1 fully saturated rings. The summed E-state index contributed by atoms with van der Waals surface area (Å²) in [7, 11) is 0. The first-order valence-corrected chi connectivity index (χ1v) is 7.69. The van der Waals surface area contributed by atoms with E-state index in [1.54, 1.807) is 24.0 Å². The number of carbonyl (C=O) groups excluding carboxylic acids is 1. The molecule has 0 aromatic heterocycles.